The summed E-state index contributed by atoms with van der Waals surface area (Å²) in [6, 6.07) is 6.91. The molecule has 1 aliphatic rings. The van der Waals surface area contributed by atoms with Gasteiger partial charge in [-0.05, 0) is 25.0 Å². The van der Waals surface area contributed by atoms with Crippen LogP contribution in [0.4, 0.5) is 10.1 Å². The molecular weight excluding hydrogens is 247 g/mol. The number of halogens is 1. The number of anilines is 1. The molecule has 1 aliphatic carbocycles. The normalized spacial score (nSPS) is 17.2. The topological polar surface area (TPSA) is 64.4 Å². The third kappa shape index (κ3) is 3.44. The van der Waals surface area contributed by atoms with E-state index in [1.807, 2.05) is 0 Å². The Bertz CT molecular complexity index is 445. The molecule has 1 saturated carbocycles. The van der Waals surface area contributed by atoms with E-state index < -0.39 is 12.2 Å². The molecule has 1 fully saturated rings. The molecule has 0 unspecified atom stereocenters. The molecule has 0 aromatic heterocycles. The number of ether oxygens (including phenoxy) is 1. The molecule has 3 N–H and O–H groups in total. The summed E-state index contributed by atoms with van der Waals surface area (Å²) in [6.45, 7) is -0.527. The number of hydrogen-bond donors (Lipinski definition) is 2. The second-order valence-electron chi connectivity index (χ2n) is 4.88. The van der Waals surface area contributed by atoms with E-state index in [0.29, 0.717) is 11.4 Å². The lowest BCUT2D eigenvalue weighted by atomic mass is 9.98. The zero-order chi connectivity index (χ0) is 13.7. The molecule has 19 heavy (non-hydrogen) atoms. The SMILES string of the molecule is NC1(C(=O)Nc2cccc(OCCF)c2)CCCC1. The lowest BCUT2D eigenvalue weighted by Gasteiger charge is -2.22. The number of carbonyl (C=O) groups excluding carboxylic acids is 1. The summed E-state index contributed by atoms with van der Waals surface area (Å²) in [5, 5.41) is 2.80. The van der Waals surface area contributed by atoms with E-state index in [4.69, 9.17) is 10.5 Å². The lowest BCUT2D eigenvalue weighted by molar-refractivity contribution is -0.121. The standard InChI is InChI=1S/C14H19FN2O2/c15-8-9-19-12-5-3-4-11(10-12)17-13(18)14(16)6-1-2-7-14/h3-5,10H,1-2,6-9,16H2,(H,17,18). The van der Waals surface area contributed by atoms with Crippen LogP contribution in [-0.2, 0) is 4.79 Å². The third-order valence-electron chi connectivity index (χ3n) is 3.39. The average Bonchev–Trinajstić information content (AvgIpc) is 2.85. The molecular formula is C14H19FN2O2. The predicted molar refractivity (Wildman–Crippen MR) is 71.9 cm³/mol. The Morgan fingerprint density at radius 1 is 1.42 bits per heavy atom. The highest BCUT2D eigenvalue weighted by atomic mass is 19.1. The van der Waals surface area contributed by atoms with Gasteiger partial charge in [-0.15, -0.1) is 0 Å². The summed E-state index contributed by atoms with van der Waals surface area (Å²) >= 11 is 0. The van der Waals surface area contributed by atoms with Gasteiger partial charge in [-0.1, -0.05) is 18.9 Å². The van der Waals surface area contributed by atoms with Crippen molar-refractivity contribution in [3.8, 4) is 5.75 Å². The van der Waals surface area contributed by atoms with Crippen molar-refractivity contribution >= 4 is 11.6 Å². The number of carbonyl (C=O) groups is 1. The minimum atomic E-state index is -0.754. The van der Waals surface area contributed by atoms with Crippen molar-refractivity contribution in [2.24, 2.45) is 5.73 Å². The number of nitrogens with one attached hydrogen (secondary N) is 1. The molecule has 0 spiro atoms. The van der Waals surface area contributed by atoms with Crippen molar-refractivity contribution in [2.75, 3.05) is 18.6 Å². The number of nitrogens with two attached hydrogens (primary N) is 1. The molecule has 0 atom stereocenters. The van der Waals surface area contributed by atoms with Crippen LogP contribution in [0.2, 0.25) is 0 Å². The zero-order valence-electron chi connectivity index (χ0n) is 10.8. The van der Waals surface area contributed by atoms with E-state index in [-0.39, 0.29) is 12.5 Å². The van der Waals surface area contributed by atoms with Gasteiger partial charge in [-0.3, -0.25) is 4.79 Å². The van der Waals surface area contributed by atoms with Crippen molar-refractivity contribution in [1.82, 2.24) is 0 Å². The number of rotatable bonds is 5. The van der Waals surface area contributed by atoms with Gasteiger partial charge in [0.1, 0.15) is 19.0 Å². The van der Waals surface area contributed by atoms with E-state index in [2.05, 4.69) is 5.32 Å². The molecule has 0 aliphatic heterocycles. The zero-order valence-corrected chi connectivity index (χ0v) is 10.8. The monoisotopic (exact) mass is 266 g/mol. The van der Waals surface area contributed by atoms with Crippen LogP contribution in [-0.4, -0.2) is 24.7 Å². The highest BCUT2D eigenvalue weighted by molar-refractivity contribution is 5.98. The van der Waals surface area contributed by atoms with Crippen LogP contribution in [0.5, 0.6) is 5.75 Å². The summed E-state index contributed by atoms with van der Waals surface area (Å²) in [5.74, 6) is 0.376. The van der Waals surface area contributed by atoms with E-state index in [0.717, 1.165) is 25.7 Å². The first-order chi connectivity index (χ1) is 9.14. The van der Waals surface area contributed by atoms with Crippen LogP contribution in [0.1, 0.15) is 25.7 Å². The molecule has 0 radical (unpaired) electrons. The van der Waals surface area contributed by atoms with E-state index >= 15 is 0 Å². The van der Waals surface area contributed by atoms with Gasteiger partial charge < -0.3 is 15.8 Å². The summed E-state index contributed by atoms with van der Waals surface area (Å²) in [6.07, 6.45) is 3.42. The van der Waals surface area contributed by atoms with Gasteiger partial charge in [0.2, 0.25) is 5.91 Å². The first-order valence-electron chi connectivity index (χ1n) is 6.53. The first kappa shape index (κ1) is 13.8. The van der Waals surface area contributed by atoms with E-state index in [9.17, 15) is 9.18 Å². The van der Waals surface area contributed by atoms with Crippen molar-refractivity contribution < 1.29 is 13.9 Å². The molecule has 2 rings (SSSR count). The van der Waals surface area contributed by atoms with E-state index in [1.54, 1.807) is 24.3 Å². The minimum Gasteiger partial charge on any atom is -0.491 e. The molecule has 1 aromatic carbocycles. The van der Waals surface area contributed by atoms with Crippen LogP contribution in [0.25, 0.3) is 0 Å². The Morgan fingerprint density at radius 3 is 2.84 bits per heavy atom. The molecule has 0 bridgehead atoms. The molecule has 1 amide bonds. The Labute approximate surface area is 112 Å². The number of hydrogen-bond acceptors (Lipinski definition) is 3. The maximum Gasteiger partial charge on any atom is 0.244 e. The fourth-order valence-corrected chi connectivity index (χ4v) is 2.31. The summed E-state index contributed by atoms with van der Waals surface area (Å²) < 4.78 is 17.2. The van der Waals surface area contributed by atoms with Crippen LogP contribution >= 0.6 is 0 Å². The van der Waals surface area contributed by atoms with Crippen molar-refractivity contribution in [1.29, 1.82) is 0 Å². The van der Waals surface area contributed by atoms with Crippen LogP contribution < -0.4 is 15.8 Å². The van der Waals surface area contributed by atoms with Gasteiger partial charge in [-0.2, -0.15) is 0 Å². The molecule has 4 nitrogen and oxygen atoms in total. The second kappa shape index (κ2) is 6.02. The molecule has 104 valence electrons. The predicted octanol–water partition coefficient (Wildman–Crippen LogP) is 2.24. The average molecular weight is 266 g/mol. The number of amides is 1. The van der Waals surface area contributed by atoms with Crippen LogP contribution in [0.15, 0.2) is 24.3 Å². The molecule has 0 saturated heterocycles. The van der Waals surface area contributed by atoms with Crippen LogP contribution in [0, 0.1) is 0 Å². The van der Waals surface area contributed by atoms with Gasteiger partial charge in [0.05, 0.1) is 5.54 Å². The van der Waals surface area contributed by atoms with Gasteiger partial charge in [0.15, 0.2) is 0 Å². The smallest absolute Gasteiger partial charge is 0.244 e. The van der Waals surface area contributed by atoms with Crippen molar-refractivity contribution in [3.63, 3.8) is 0 Å². The largest absolute Gasteiger partial charge is 0.491 e. The molecule has 5 heteroatoms. The van der Waals surface area contributed by atoms with Gasteiger partial charge in [-0.25, -0.2) is 4.39 Å². The third-order valence-corrected chi connectivity index (χ3v) is 3.39. The van der Waals surface area contributed by atoms with Gasteiger partial charge >= 0.3 is 0 Å². The van der Waals surface area contributed by atoms with Crippen LogP contribution in [0.3, 0.4) is 0 Å². The number of benzene rings is 1. The number of alkyl halides is 1. The molecule has 0 heterocycles. The quantitative estimate of drug-likeness (QED) is 0.859. The van der Waals surface area contributed by atoms with Gasteiger partial charge in [0.25, 0.3) is 0 Å². The first-order valence-corrected chi connectivity index (χ1v) is 6.53. The Balaban J connectivity index is 2.00. The molecule has 1 aromatic rings. The fourth-order valence-electron chi connectivity index (χ4n) is 2.31. The maximum absolute atomic E-state index is 12.1. The summed E-state index contributed by atoms with van der Waals surface area (Å²) in [4.78, 5) is 12.1. The Kier molecular flexibility index (Phi) is 4.37. The van der Waals surface area contributed by atoms with E-state index in [1.165, 1.54) is 0 Å². The summed E-state index contributed by atoms with van der Waals surface area (Å²) in [5.41, 5.74) is 5.94. The van der Waals surface area contributed by atoms with Crippen molar-refractivity contribution in [2.45, 2.75) is 31.2 Å². The lowest BCUT2D eigenvalue weighted by Crippen LogP contribution is -2.48. The minimum absolute atomic E-state index is 0.0121. The maximum atomic E-state index is 12.1. The highest BCUT2D eigenvalue weighted by Gasteiger charge is 2.36. The fraction of sp³-hybridized carbons (Fsp3) is 0.500. The highest BCUT2D eigenvalue weighted by Crippen LogP contribution is 2.28. The Hall–Kier alpha value is -1.62. The van der Waals surface area contributed by atoms with Gasteiger partial charge in [0, 0.05) is 11.8 Å². The second-order valence-corrected chi connectivity index (χ2v) is 4.88. The summed E-state index contributed by atoms with van der Waals surface area (Å²) in [7, 11) is 0. The Morgan fingerprint density at radius 2 is 2.16 bits per heavy atom. The van der Waals surface area contributed by atoms with Crippen molar-refractivity contribution in [3.05, 3.63) is 24.3 Å².